The van der Waals surface area contributed by atoms with Crippen molar-refractivity contribution < 1.29 is 19.8 Å². The van der Waals surface area contributed by atoms with Crippen LogP contribution in [-0.4, -0.2) is 62.3 Å². The molecule has 0 bridgehead atoms. The number of aliphatic hydroxyl groups is 1. The third-order valence-electron chi connectivity index (χ3n) is 7.34. The Bertz CT molecular complexity index is 771. The van der Waals surface area contributed by atoms with Crippen LogP contribution in [0.4, 0.5) is 0 Å². The molecule has 8 nitrogen and oxygen atoms in total. The Hall–Kier alpha value is -1.58. The summed E-state index contributed by atoms with van der Waals surface area (Å²) in [5.41, 5.74) is 5.75. The van der Waals surface area contributed by atoms with Gasteiger partial charge in [0.15, 0.2) is 0 Å². The number of aliphatic hydroxyl groups excluding tert-OH is 1. The summed E-state index contributed by atoms with van der Waals surface area (Å²) in [6.07, 6.45) is 5.24. The largest absolute Gasteiger partial charge is 0.477 e. The number of carbonyl (C=O) groups excluding carboxylic acids is 1. The molecule has 9 heteroatoms. The Kier molecular flexibility index (Phi) is 5.89. The van der Waals surface area contributed by atoms with Crippen molar-refractivity contribution >= 4 is 29.5 Å². The van der Waals surface area contributed by atoms with Gasteiger partial charge in [0.2, 0.25) is 5.91 Å². The molecule has 2 saturated carbocycles. The molecule has 4 atom stereocenters. The first-order valence-electron chi connectivity index (χ1n) is 10.9. The summed E-state index contributed by atoms with van der Waals surface area (Å²) in [4.78, 5) is 26.5. The zero-order chi connectivity index (χ0) is 21.7. The minimum Gasteiger partial charge on any atom is -0.477 e. The molecule has 2 aliphatic carbocycles. The molecule has 30 heavy (non-hydrogen) atoms. The molecule has 2 aliphatic heterocycles. The number of carboxylic acids is 1. The van der Waals surface area contributed by atoms with E-state index in [4.69, 9.17) is 11.1 Å². The lowest BCUT2D eigenvalue weighted by Crippen LogP contribution is -2.63. The van der Waals surface area contributed by atoms with Crippen molar-refractivity contribution in [3.05, 3.63) is 10.6 Å². The van der Waals surface area contributed by atoms with Crippen molar-refractivity contribution in [2.24, 2.45) is 23.5 Å². The van der Waals surface area contributed by atoms with E-state index in [-0.39, 0.29) is 29.5 Å². The Morgan fingerprint density at radius 1 is 1.27 bits per heavy atom. The van der Waals surface area contributed by atoms with E-state index in [9.17, 15) is 19.8 Å². The predicted molar refractivity (Wildman–Crippen MR) is 115 cm³/mol. The zero-order valence-electron chi connectivity index (χ0n) is 17.5. The molecular formula is C21H32N4O4S. The Balaban J connectivity index is 1.32. The van der Waals surface area contributed by atoms with E-state index in [2.05, 4.69) is 5.32 Å². The van der Waals surface area contributed by atoms with Gasteiger partial charge < -0.3 is 26.2 Å². The van der Waals surface area contributed by atoms with Gasteiger partial charge in [-0.2, -0.15) is 0 Å². The number of amides is 1. The van der Waals surface area contributed by atoms with E-state index in [1.807, 2.05) is 6.92 Å². The van der Waals surface area contributed by atoms with Crippen LogP contribution in [0.1, 0.15) is 52.4 Å². The molecule has 166 valence electrons. The molecule has 0 unspecified atom stereocenters. The normalized spacial score (nSPS) is 39.2. The minimum absolute atomic E-state index is 0.0627. The highest BCUT2D eigenvalue weighted by Gasteiger charge is 2.60. The van der Waals surface area contributed by atoms with Gasteiger partial charge in [-0.15, -0.1) is 11.8 Å². The molecule has 0 aromatic rings. The number of amidine groups is 1. The molecule has 0 radical (unpaired) electrons. The van der Waals surface area contributed by atoms with Gasteiger partial charge in [0.25, 0.3) is 0 Å². The lowest BCUT2D eigenvalue weighted by Gasteiger charge is -2.46. The summed E-state index contributed by atoms with van der Waals surface area (Å²) >= 11 is 1.61. The summed E-state index contributed by atoms with van der Waals surface area (Å²) in [7, 11) is 0. The zero-order valence-corrected chi connectivity index (χ0v) is 18.3. The average molecular weight is 437 g/mol. The van der Waals surface area contributed by atoms with Crippen LogP contribution >= 0.6 is 11.8 Å². The van der Waals surface area contributed by atoms with Crippen LogP contribution in [0.3, 0.4) is 0 Å². The molecular weight excluding hydrogens is 404 g/mol. The van der Waals surface area contributed by atoms with Crippen molar-refractivity contribution in [3.63, 3.8) is 0 Å². The third kappa shape index (κ3) is 3.65. The molecule has 1 saturated heterocycles. The molecule has 3 fully saturated rings. The molecule has 1 amide bonds. The third-order valence-corrected chi connectivity index (χ3v) is 8.88. The predicted octanol–water partition coefficient (Wildman–Crippen LogP) is 1.49. The van der Waals surface area contributed by atoms with Gasteiger partial charge in [0.1, 0.15) is 5.70 Å². The molecule has 4 aliphatic rings. The summed E-state index contributed by atoms with van der Waals surface area (Å²) in [5.74, 6) is -1.36. The fourth-order valence-electron chi connectivity index (χ4n) is 5.56. The van der Waals surface area contributed by atoms with Crippen molar-refractivity contribution in [1.82, 2.24) is 10.2 Å². The monoisotopic (exact) mass is 436 g/mol. The first kappa shape index (κ1) is 21.6. The van der Waals surface area contributed by atoms with Gasteiger partial charge in [-0.1, -0.05) is 6.92 Å². The smallest absolute Gasteiger partial charge is 0.353 e. The van der Waals surface area contributed by atoms with Crippen LogP contribution in [0.2, 0.25) is 0 Å². The molecule has 4 rings (SSSR count). The van der Waals surface area contributed by atoms with E-state index in [0.29, 0.717) is 23.2 Å². The lowest BCUT2D eigenvalue weighted by atomic mass is 9.79. The van der Waals surface area contributed by atoms with Crippen molar-refractivity contribution in [2.75, 3.05) is 0 Å². The Labute approximate surface area is 181 Å². The van der Waals surface area contributed by atoms with E-state index >= 15 is 0 Å². The number of nitrogens with one attached hydrogen (secondary N) is 2. The second-order valence-corrected chi connectivity index (χ2v) is 10.7. The number of carbonyl (C=O) groups is 2. The van der Waals surface area contributed by atoms with Gasteiger partial charge in [-0.25, -0.2) is 4.79 Å². The van der Waals surface area contributed by atoms with E-state index in [1.165, 1.54) is 4.90 Å². The van der Waals surface area contributed by atoms with E-state index < -0.39 is 18.0 Å². The molecule has 2 heterocycles. The van der Waals surface area contributed by atoms with Gasteiger partial charge in [-0.05, 0) is 45.4 Å². The number of thioether (sulfide) groups is 1. The van der Waals surface area contributed by atoms with Gasteiger partial charge >= 0.3 is 5.97 Å². The van der Waals surface area contributed by atoms with Crippen LogP contribution in [0, 0.1) is 23.2 Å². The lowest BCUT2D eigenvalue weighted by molar-refractivity contribution is -0.163. The summed E-state index contributed by atoms with van der Waals surface area (Å²) < 4.78 is 0. The quantitative estimate of drug-likeness (QED) is 0.231. The van der Waals surface area contributed by atoms with Crippen LogP contribution in [0.15, 0.2) is 10.6 Å². The van der Waals surface area contributed by atoms with Crippen LogP contribution in [-0.2, 0) is 9.59 Å². The van der Waals surface area contributed by atoms with E-state index in [1.54, 1.807) is 18.7 Å². The molecule has 0 spiro atoms. The summed E-state index contributed by atoms with van der Waals surface area (Å²) in [6.45, 7) is 3.57. The number of nitrogens with two attached hydrogens (primary N) is 1. The molecule has 0 aromatic heterocycles. The highest BCUT2D eigenvalue weighted by atomic mass is 32.2. The van der Waals surface area contributed by atoms with Crippen molar-refractivity contribution in [2.45, 2.75) is 81.9 Å². The molecule has 6 N–H and O–H groups in total. The molecule has 0 aromatic carbocycles. The highest BCUT2D eigenvalue weighted by molar-refractivity contribution is 8.03. The van der Waals surface area contributed by atoms with Crippen LogP contribution < -0.4 is 11.1 Å². The number of β-lactam (4-membered cyclic amide) rings is 1. The fourth-order valence-corrected chi connectivity index (χ4v) is 7.23. The topological polar surface area (TPSA) is 140 Å². The Morgan fingerprint density at radius 2 is 1.90 bits per heavy atom. The second kappa shape index (κ2) is 8.16. The minimum atomic E-state index is -1.06. The van der Waals surface area contributed by atoms with Crippen molar-refractivity contribution in [1.29, 1.82) is 5.41 Å². The fraction of sp³-hybridized carbons (Fsp3) is 0.762. The Morgan fingerprint density at radius 3 is 2.43 bits per heavy atom. The number of hydrogen-bond donors (Lipinski definition) is 5. The van der Waals surface area contributed by atoms with Crippen molar-refractivity contribution in [3.8, 4) is 0 Å². The number of aliphatic carboxylic acids is 1. The standard InChI is InChI=1S/C21H32N4O4S/c1-9-16-15(10(2)26)20(27)25(16)17(21(28)29)18(9)30-14-7-13(8-14)24-12-5-3-11(4-6-12)19(22)23/h9-16,24,26H,3-8H2,1-2H3,(H3,22,23)(H,28,29)/t9-,10-,11?,12?,13-,14+,15-,16-/m1/s1. The maximum atomic E-state index is 12.4. The maximum Gasteiger partial charge on any atom is 0.353 e. The number of hydrogen-bond acceptors (Lipinski definition) is 6. The number of nitrogens with zero attached hydrogens (tertiary/aromatic N) is 1. The maximum absolute atomic E-state index is 12.4. The van der Waals surface area contributed by atoms with Gasteiger partial charge in [0, 0.05) is 34.1 Å². The summed E-state index contributed by atoms with van der Waals surface area (Å²) in [5, 5.41) is 31.3. The first-order valence-corrected chi connectivity index (χ1v) is 11.8. The highest BCUT2D eigenvalue weighted by Crippen LogP contribution is 2.53. The van der Waals surface area contributed by atoms with Crippen LogP contribution in [0.25, 0.3) is 0 Å². The second-order valence-electron chi connectivity index (χ2n) is 9.35. The van der Waals surface area contributed by atoms with Crippen LogP contribution in [0.5, 0.6) is 0 Å². The number of fused-ring (bicyclic) bond motifs is 1. The first-order chi connectivity index (χ1) is 14.2. The number of rotatable bonds is 7. The summed E-state index contributed by atoms with van der Waals surface area (Å²) in [6, 6.07) is 0.675. The average Bonchev–Trinajstić information content (AvgIpc) is 2.89. The van der Waals surface area contributed by atoms with Gasteiger partial charge in [-0.3, -0.25) is 10.2 Å². The van der Waals surface area contributed by atoms with E-state index in [0.717, 1.165) is 43.4 Å². The SMILES string of the molecule is C[C@@H](O)[C@H]1C(=O)N2C(C(=O)O)=C(S[C@H]3C[C@@H](NC4CCC(C(=N)N)CC4)C3)[C@H](C)[C@H]12. The number of carboxylic acid groups (broad SMARTS) is 1. The van der Waals surface area contributed by atoms with Gasteiger partial charge in [0.05, 0.1) is 23.9 Å².